The van der Waals surface area contributed by atoms with Crippen LogP contribution in [0.25, 0.3) is 11.3 Å². The number of aryl methyl sites for hydroxylation is 1. The van der Waals surface area contributed by atoms with Crippen molar-refractivity contribution in [2.24, 2.45) is 5.92 Å². The second-order valence-electron chi connectivity index (χ2n) is 10.6. The Balaban J connectivity index is 1.21. The van der Waals surface area contributed by atoms with Gasteiger partial charge in [0.15, 0.2) is 0 Å². The van der Waals surface area contributed by atoms with Gasteiger partial charge in [-0.3, -0.25) is 4.79 Å². The van der Waals surface area contributed by atoms with Crippen LogP contribution < -0.4 is 14.5 Å². The van der Waals surface area contributed by atoms with Crippen LogP contribution in [0, 0.1) is 12.8 Å². The molecule has 0 amide bonds. The third-order valence-corrected chi connectivity index (χ3v) is 9.08. The molecule has 4 aromatic rings. The molecule has 0 radical (unpaired) electrons. The van der Waals surface area contributed by atoms with Gasteiger partial charge in [-0.25, -0.2) is 9.97 Å². The maximum Gasteiger partial charge on any atom is 0.322 e. The fourth-order valence-corrected chi connectivity index (χ4v) is 6.13. The van der Waals surface area contributed by atoms with Gasteiger partial charge in [0.1, 0.15) is 17.9 Å². The molecular formula is C32H35N5O5S. The maximum absolute atomic E-state index is 13.1. The van der Waals surface area contributed by atoms with E-state index in [-0.39, 0.29) is 17.1 Å². The molecule has 10 nitrogen and oxygen atoms in total. The zero-order valence-electron chi connectivity index (χ0n) is 24.2. The van der Waals surface area contributed by atoms with Crippen LogP contribution in [0.4, 0.5) is 17.2 Å². The smallest absolute Gasteiger partial charge is 0.322 e. The minimum absolute atomic E-state index is 0.00270. The van der Waals surface area contributed by atoms with Crippen LogP contribution in [0.2, 0.25) is 0 Å². The van der Waals surface area contributed by atoms with E-state index in [1.807, 2.05) is 37.3 Å². The predicted octanol–water partition coefficient (Wildman–Crippen LogP) is 5.59. The number of ether oxygens (including phenoxy) is 1. The Morgan fingerprint density at radius 1 is 0.977 bits per heavy atom. The summed E-state index contributed by atoms with van der Waals surface area (Å²) >= 11 is 0. The molecule has 0 spiro atoms. The van der Waals surface area contributed by atoms with Crippen molar-refractivity contribution in [3.05, 3.63) is 90.8 Å². The third-order valence-electron chi connectivity index (χ3n) is 7.48. The monoisotopic (exact) mass is 601 g/mol. The van der Waals surface area contributed by atoms with Crippen molar-refractivity contribution >= 4 is 33.7 Å². The molecule has 1 aliphatic rings. The van der Waals surface area contributed by atoms with Crippen molar-refractivity contribution in [3.63, 3.8) is 0 Å². The van der Waals surface area contributed by atoms with Crippen LogP contribution in [0.3, 0.4) is 0 Å². The van der Waals surface area contributed by atoms with E-state index in [1.165, 1.54) is 43.4 Å². The largest absolute Gasteiger partial charge is 0.494 e. The van der Waals surface area contributed by atoms with E-state index in [4.69, 9.17) is 9.57 Å². The molecule has 3 aromatic carbocycles. The van der Waals surface area contributed by atoms with Gasteiger partial charge >= 0.3 is 6.47 Å². The van der Waals surface area contributed by atoms with E-state index < -0.39 is 10.0 Å². The zero-order chi connectivity index (χ0) is 30.2. The number of rotatable bonds is 12. The molecule has 11 heteroatoms. The summed E-state index contributed by atoms with van der Waals surface area (Å²) in [7, 11) is -1.95. The highest BCUT2D eigenvalue weighted by molar-refractivity contribution is 7.92. The first-order chi connectivity index (χ1) is 20.8. The van der Waals surface area contributed by atoms with Crippen LogP contribution in [0.1, 0.15) is 24.8 Å². The van der Waals surface area contributed by atoms with Crippen molar-refractivity contribution < 1.29 is 22.8 Å². The lowest BCUT2D eigenvalue weighted by Gasteiger charge is -2.28. The summed E-state index contributed by atoms with van der Waals surface area (Å²) in [5, 5.41) is 3.20. The number of hydrogen-bond donors (Lipinski definition) is 1. The molecule has 1 aromatic heterocycles. The normalized spacial score (nSPS) is 14.2. The number of anilines is 3. The topological polar surface area (TPSA) is 114 Å². The van der Waals surface area contributed by atoms with E-state index >= 15 is 0 Å². The lowest BCUT2D eigenvalue weighted by molar-refractivity contribution is -0.128. The number of nitrogens with zero attached hydrogens (tertiary/aromatic N) is 4. The van der Waals surface area contributed by atoms with E-state index in [9.17, 15) is 13.2 Å². The van der Waals surface area contributed by atoms with Gasteiger partial charge in [-0.15, -0.1) is 0 Å². The highest BCUT2D eigenvalue weighted by Gasteiger charge is 2.27. The van der Waals surface area contributed by atoms with Crippen LogP contribution in [0.5, 0.6) is 5.75 Å². The summed E-state index contributed by atoms with van der Waals surface area (Å²) in [4.78, 5) is 27.1. The minimum Gasteiger partial charge on any atom is -0.494 e. The Labute approximate surface area is 252 Å². The molecule has 43 heavy (non-hydrogen) atoms. The van der Waals surface area contributed by atoms with Gasteiger partial charge in [0.05, 0.1) is 22.9 Å². The van der Waals surface area contributed by atoms with Crippen molar-refractivity contribution in [2.45, 2.75) is 31.1 Å². The van der Waals surface area contributed by atoms with E-state index in [0.29, 0.717) is 22.6 Å². The molecular weight excluding hydrogens is 566 g/mol. The molecule has 0 unspecified atom stereocenters. The first-order valence-corrected chi connectivity index (χ1v) is 15.6. The summed E-state index contributed by atoms with van der Waals surface area (Å²) in [6, 6.07) is 22.4. The molecule has 224 valence electrons. The van der Waals surface area contributed by atoms with E-state index in [0.717, 1.165) is 48.0 Å². The Hall–Kier alpha value is -4.48. The fraction of sp³-hybridized carbons (Fsp3) is 0.281. The molecule has 1 fully saturated rings. The maximum atomic E-state index is 13.1. The first-order valence-electron chi connectivity index (χ1n) is 14.1. The van der Waals surface area contributed by atoms with Crippen molar-refractivity contribution in [1.29, 1.82) is 0 Å². The van der Waals surface area contributed by atoms with Gasteiger partial charge < -0.3 is 19.8 Å². The predicted molar refractivity (Wildman–Crippen MR) is 166 cm³/mol. The molecule has 5 rings (SSSR count). The molecule has 0 bridgehead atoms. The zero-order valence-corrected chi connectivity index (χ0v) is 25.0. The Morgan fingerprint density at radius 3 is 2.35 bits per heavy atom. The van der Waals surface area contributed by atoms with Crippen molar-refractivity contribution in [2.75, 3.05) is 36.5 Å². The van der Waals surface area contributed by atoms with E-state index in [2.05, 4.69) is 27.2 Å². The molecule has 0 atom stereocenters. The standard InChI is InChI=1S/C32H35N5O5S/c1-24-3-13-30(14-4-24)43(39,40)37(42-23-38)28-9-7-27(8-10-28)35-32-21-31(33-22-34-32)26-5-11-29(12-6-26)41-20-17-25-15-18-36(2)19-16-25/h3-14,21-23,25H,15-20H2,1-2H3,(H,33,34,35). The SMILES string of the molecule is Cc1ccc(S(=O)(=O)N(OC=O)c2ccc(Nc3cc(-c4ccc(OCCC5CCN(C)CC5)cc4)ncn3)cc2)cc1. The summed E-state index contributed by atoms with van der Waals surface area (Å²) in [5.74, 6) is 2.12. The number of sulfonamides is 1. The second kappa shape index (κ2) is 13.7. The average molecular weight is 602 g/mol. The Kier molecular flexibility index (Phi) is 9.53. The quantitative estimate of drug-likeness (QED) is 0.164. The van der Waals surface area contributed by atoms with Gasteiger partial charge in [-0.1, -0.05) is 22.2 Å². The van der Waals surface area contributed by atoms with Gasteiger partial charge in [0.25, 0.3) is 10.0 Å². The summed E-state index contributed by atoms with van der Waals surface area (Å²) in [5.41, 5.74) is 3.38. The molecule has 1 saturated heterocycles. The lowest BCUT2D eigenvalue weighted by Crippen LogP contribution is -2.30. The van der Waals surface area contributed by atoms with Crippen LogP contribution in [0.15, 0.2) is 90.1 Å². The highest BCUT2D eigenvalue weighted by atomic mass is 32.2. The number of piperidine rings is 1. The minimum atomic E-state index is -4.13. The van der Waals surface area contributed by atoms with Gasteiger partial charge in [0.2, 0.25) is 0 Å². The highest BCUT2D eigenvalue weighted by Crippen LogP contribution is 2.28. The number of hydrogen-bond acceptors (Lipinski definition) is 9. The van der Waals surface area contributed by atoms with Crippen LogP contribution >= 0.6 is 0 Å². The Morgan fingerprint density at radius 2 is 1.67 bits per heavy atom. The number of carbonyl (C=O) groups excluding carboxylic acids is 1. The summed E-state index contributed by atoms with van der Waals surface area (Å²) in [6.07, 6.45) is 5.01. The lowest BCUT2D eigenvalue weighted by atomic mass is 9.94. The first kappa shape index (κ1) is 30.0. The number of benzene rings is 3. The average Bonchev–Trinajstić information content (AvgIpc) is 3.02. The van der Waals surface area contributed by atoms with Crippen LogP contribution in [-0.2, 0) is 19.7 Å². The van der Waals surface area contributed by atoms with E-state index in [1.54, 1.807) is 24.3 Å². The molecule has 1 N–H and O–H groups in total. The Bertz CT molecular complexity index is 1610. The molecule has 0 aliphatic carbocycles. The second-order valence-corrected chi connectivity index (χ2v) is 12.4. The third kappa shape index (κ3) is 7.68. The van der Waals surface area contributed by atoms with Crippen molar-refractivity contribution in [1.82, 2.24) is 14.9 Å². The summed E-state index contributed by atoms with van der Waals surface area (Å²) in [6.45, 7) is 4.97. The number of carbonyl (C=O) groups is 1. The molecule has 0 saturated carbocycles. The number of likely N-dealkylation sites (tertiary alicyclic amines) is 1. The van der Waals surface area contributed by atoms with Gasteiger partial charge in [0, 0.05) is 17.3 Å². The van der Waals surface area contributed by atoms with Gasteiger partial charge in [-0.2, -0.15) is 8.42 Å². The molecule has 1 aliphatic heterocycles. The number of nitrogens with one attached hydrogen (secondary N) is 1. The fourth-order valence-electron chi connectivity index (χ4n) is 4.92. The van der Waals surface area contributed by atoms with Crippen molar-refractivity contribution in [3.8, 4) is 17.0 Å². The van der Waals surface area contributed by atoms with Gasteiger partial charge in [-0.05, 0) is 113 Å². The number of aromatic nitrogens is 2. The summed E-state index contributed by atoms with van der Waals surface area (Å²) < 4.78 is 32.9. The van der Waals surface area contributed by atoms with Crippen LogP contribution in [-0.4, -0.2) is 56.5 Å². The molecule has 2 heterocycles.